The van der Waals surface area contributed by atoms with Crippen LogP contribution in [-0.4, -0.2) is 35.0 Å². The summed E-state index contributed by atoms with van der Waals surface area (Å²) in [4.78, 5) is 0. The number of benzene rings is 2. The maximum atomic E-state index is 5.91. The smallest absolute Gasteiger partial charge is 0.166 e. The van der Waals surface area contributed by atoms with Crippen molar-refractivity contribution < 1.29 is 23.7 Å². The molecule has 2 aromatic rings. The molecule has 2 rings (SSSR count). The van der Waals surface area contributed by atoms with E-state index in [0.29, 0.717) is 13.2 Å². The van der Waals surface area contributed by atoms with Gasteiger partial charge in [0.25, 0.3) is 0 Å². The van der Waals surface area contributed by atoms with Crippen LogP contribution in [-0.2, 0) is 17.8 Å². The molecule has 0 saturated carbocycles. The van der Waals surface area contributed by atoms with E-state index < -0.39 is 0 Å². The molecule has 0 heterocycles. The summed E-state index contributed by atoms with van der Waals surface area (Å²) < 4.78 is 27.6. The largest absolute Gasteiger partial charge is 0.493 e. The fraction of sp³-hybridized carbons (Fsp3) is 0.429. The zero-order valence-electron chi connectivity index (χ0n) is 16.5. The minimum absolute atomic E-state index is 0.471. The maximum Gasteiger partial charge on any atom is 0.166 e. The van der Waals surface area contributed by atoms with Crippen molar-refractivity contribution in [2.24, 2.45) is 0 Å². The van der Waals surface area contributed by atoms with E-state index in [0.717, 1.165) is 51.7 Å². The summed E-state index contributed by atoms with van der Waals surface area (Å²) in [5.41, 5.74) is 4.33. The topological polar surface area (TPSA) is 46.2 Å². The van der Waals surface area contributed by atoms with Gasteiger partial charge in [0.05, 0.1) is 41.7 Å². The lowest BCUT2D eigenvalue weighted by Gasteiger charge is -2.17. The van der Waals surface area contributed by atoms with Gasteiger partial charge in [0, 0.05) is 5.56 Å². The molecule has 2 aromatic carbocycles. The first-order chi connectivity index (χ1) is 12.5. The zero-order chi connectivity index (χ0) is 19.1. The zero-order valence-corrected chi connectivity index (χ0v) is 16.5. The number of aryl methyl sites for hydroxylation is 2. The van der Waals surface area contributed by atoms with Crippen LogP contribution in [0.3, 0.4) is 0 Å². The Morgan fingerprint density at radius 3 is 2.04 bits per heavy atom. The van der Waals surface area contributed by atoms with Gasteiger partial charge in [-0.15, -0.1) is 0 Å². The van der Waals surface area contributed by atoms with Crippen molar-refractivity contribution >= 4 is 0 Å². The number of rotatable bonds is 9. The molecular formula is C21H28O5. The Labute approximate surface area is 155 Å². The van der Waals surface area contributed by atoms with Gasteiger partial charge in [0.15, 0.2) is 23.0 Å². The number of hydrogen-bond acceptors (Lipinski definition) is 5. The predicted octanol–water partition coefficient (Wildman–Crippen LogP) is 4.10. The molecule has 0 fully saturated rings. The quantitative estimate of drug-likeness (QED) is 0.630. The van der Waals surface area contributed by atoms with E-state index in [1.165, 1.54) is 0 Å². The average molecular weight is 360 g/mol. The minimum atomic E-state index is 0.471. The van der Waals surface area contributed by atoms with E-state index in [-0.39, 0.29) is 0 Å². The van der Waals surface area contributed by atoms with Gasteiger partial charge in [0.2, 0.25) is 0 Å². The Bertz CT molecular complexity index is 740. The van der Waals surface area contributed by atoms with Crippen LogP contribution in [0.25, 0.3) is 0 Å². The number of ether oxygens (including phenoxy) is 5. The SMILES string of the molecule is COc1ccc(CCOCc2c(C)cc(C)c(OC)c2OC)cc1OC. The fourth-order valence-electron chi connectivity index (χ4n) is 3.02. The molecule has 0 aliphatic heterocycles. The highest BCUT2D eigenvalue weighted by Crippen LogP contribution is 2.37. The average Bonchev–Trinajstić information content (AvgIpc) is 2.65. The van der Waals surface area contributed by atoms with E-state index >= 15 is 0 Å². The third-order valence-corrected chi connectivity index (χ3v) is 4.39. The van der Waals surface area contributed by atoms with E-state index in [1.54, 1.807) is 28.4 Å². The highest BCUT2D eigenvalue weighted by atomic mass is 16.5. The van der Waals surface area contributed by atoms with Crippen molar-refractivity contribution in [1.29, 1.82) is 0 Å². The minimum Gasteiger partial charge on any atom is -0.493 e. The summed E-state index contributed by atoms with van der Waals surface area (Å²) in [6.45, 7) is 5.13. The molecule has 0 radical (unpaired) electrons. The van der Waals surface area contributed by atoms with Gasteiger partial charge in [-0.3, -0.25) is 0 Å². The van der Waals surface area contributed by atoms with Crippen LogP contribution in [0.1, 0.15) is 22.3 Å². The van der Waals surface area contributed by atoms with Crippen molar-refractivity contribution in [3.05, 3.63) is 46.5 Å². The lowest BCUT2D eigenvalue weighted by Crippen LogP contribution is -2.05. The summed E-state index contributed by atoms with van der Waals surface area (Å²) in [5, 5.41) is 0. The van der Waals surface area contributed by atoms with Gasteiger partial charge in [-0.05, 0) is 49.1 Å². The molecule has 5 nitrogen and oxygen atoms in total. The van der Waals surface area contributed by atoms with Crippen molar-refractivity contribution in [3.63, 3.8) is 0 Å². The lowest BCUT2D eigenvalue weighted by molar-refractivity contribution is 0.121. The van der Waals surface area contributed by atoms with Gasteiger partial charge >= 0.3 is 0 Å². The van der Waals surface area contributed by atoms with Crippen LogP contribution in [0.4, 0.5) is 0 Å². The Morgan fingerprint density at radius 2 is 1.42 bits per heavy atom. The summed E-state index contributed by atoms with van der Waals surface area (Å²) in [5.74, 6) is 2.96. The van der Waals surface area contributed by atoms with Crippen molar-refractivity contribution in [2.45, 2.75) is 26.9 Å². The lowest BCUT2D eigenvalue weighted by atomic mass is 10.0. The molecule has 5 heteroatoms. The highest BCUT2D eigenvalue weighted by molar-refractivity contribution is 5.54. The number of methoxy groups -OCH3 is 4. The van der Waals surface area contributed by atoms with Crippen LogP contribution in [0.2, 0.25) is 0 Å². The Kier molecular flexibility index (Phi) is 7.16. The molecule has 0 atom stereocenters. The summed E-state index contributed by atoms with van der Waals surface area (Å²) in [6, 6.07) is 7.99. The first-order valence-electron chi connectivity index (χ1n) is 8.55. The van der Waals surface area contributed by atoms with Gasteiger partial charge in [-0.25, -0.2) is 0 Å². The van der Waals surface area contributed by atoms with E-state index in [2.05, 4.69) is 13.0 Å². The third kappa shape index (κ3) is 4.41. The van der Waals surface area contributed by atoms with Crippen LogP contribution in [0.15, 0.2) is 24.3 Å². The molecule has 0 spiro atoms. The Morgan fingerprint density at radius 1 is 0.731 bits per heavy atom. The first-order valence-corrected chi connectivity index (χ1v) is 8.55. The van der Waals surface area contributed by atoms with E-state index in [4.69, 9.17) is 23.7 Å². The second-order valence-corrected chi connectivity index (χ2v) is 6.05. The van der Waals surface area contributed by atoms with Crippen molar-refractivity contribution in [1.82, 2.24) is 0 Å². The standard InChI is InChI=1S/C21H28O5/c1-14-11-15(2)20(24-5)21(25-6)17(14)13-26-10-9-16-7-8-18(22-3)19(12-16)23-4/h7-8,11-12H,9-10,13H2,1-6H3. The van der Waals surface area contributed by atoms with Crippen molar-refractivity contribution in [2.75, 3.05) is 35.0 Å². The first kappa shape index (κ1) is 19.9. The van der Waals surface area contributed by atoms with Crippen LogP contribution >= 0.6 is 0 Å². The van der Waals surface area contributed by atoms with Crippen LogP contribution < -0.4 is 18.9 Å². The molecule has 0 aliphatic carbocycles. The highest BCUT2D eigenvalue weighted by Gasteiger charge is 2.16. The summed E-state index contributed by atoms with van der Waals surface area (Å²) in [7, 11) is 6.58. The Hall–Kier alpha value is -2.40. The van der Waals surface area contributed by atoms with Gasteiger partial charge in [0.1, 0.15) is 0 Å². The molecule has 0 bridgehead atoms. The monoisotopic (exact) mass is 360 g/mol. The fourth-order valence-corrected chi connectivity index (χ4v) is 3.02. The molecule has 0 N–H and O–H groups in total. The molecule has 0 saturated heterocycles. The molecule has 0 unspecified atom stereocenters. The van der Waals surface area contributed by atoms with Gasteiger partial charge < -0.3 is 23.7 Å². The van der Waals surface area contributed by atoms with E-state index in [1.807, 2.05) is 25.1 Å². The second kappa shape index (κ2) is 9.34. The molecule has 0 aromatic heterocycles. The molecule has 142 valence electrons. The molecule has 0 aliphatic rings. The summed E-state index contributed by atoms with van der Waals surface area (Å²) in [6.07, 6.45) is 0.782. The molecule has 26 heavy (non-hydrogen) atoms. The van der Waals surface area contributed by atoms with E-state index in [9.17, 15) is 0 Å². The summed E-state index contributed by atoms with van der Waals surface area (Å²) >= 11 is 0. The Balaban J connectivity index is 2.02. The molecule has 0 amide bonds. The predicted molar refractivity (Wildman–Crippen MR) is 102 cm³/mol. The molecular weight excluding hydrogens is 332 g/mol. The van der Waals surface area contributed by atoms with Crippen LogP contribution in [0.5, 0.6) is 23.0 Å². The van der Waals surface area contributed by atoms with Crippen LogP contribution in [0, 0.1) is 13.8 Å². The third-order valence-electron chi connectivity index (χ3n) is 4.39. The van der Waals surface area contributed by atoms with Gasteiger partial charge in [-0.1, -0.05) is 12.1 Å². The number of hydrogen-bond donors (Lipinski definition) is 0. The maximum absolute atomic E-state index is 5.91. The van der Waals surface area contributed by atoms with Crippen molar-refractivity contribution in [3.8, 4) is 23.0 Å². The normalized spacial score (nSPS) is 10.5. The second-order valence-electron chi connectivity index (χ2n) is 6.05. The van der Waals surface area contributed by atoms with Gasteiger partial charge in [-0.2, -0.15) is 0 Å².